The van der Waals surface area contributed by atoms with E-state index in [0.29, 0.717) is 24.3 Å². The van der Waals surface area contributed by atoms with Crippen LogP contribution in [0.1, 0.15) is 43.9 Å². The molecule has 1 aromatic heterocycles. The highest BCUT2D eigenvalue weighted by molar-refractivity contribution is 5.99. The molecule has 1 amide bonds. The van der Waals surface area contributed by atoms with Crippen molar-refractivity contribution in [2.45, 2.75) is 33.9 Å². The normalized spacial score (nSPS) is 10.8. The van der Waals surface area contributed by atoms with E-state index in [0.717, 1.165) is 27.6 Å². The molecule has 4 heteroatoms. The van der Waals surface area contributed by atoms with Crippen molar-refractivity contribution in [1.29, 1.82) is 5.26 Å². The van der Waals surface area contributed by atoms with Gasteiger partial charge in [-0.05, 0) is 61.7 Å². The lowest BCUT2D eigenvalue weighted by Crippen LogP contribution is -2.25. The van der Waals surface area contributed by atoms with E-state index >= 15 is 0 Å². The number of carbonyl (C=O) groups is 1. The predicted octanol–water partition coefficient (Wildman–Crippen LogP) is 5.42. The van der Waals surface area contributed by atoms with Crippen molar-refractivity contribution < 1.29 is 4.79 Å². The lowest BCUT2D eigenvalue weighted by molar-refractivity contribution is 0.0942. The lowest BCUT2D eigenvalue weighted by atomic mass is 10.1. The van der Waals surface area contributed by atoms with Crippen LogP contribution in [0, 0.1) is 32.1 Å². The standard InChI is InChI=1S/C27H25N3O/c1-18-10-19(2)12-23(11-18)16-29-27(31)26-14-24-20(3)6-4-9-25(24)30(26)17-22-8-5-7-21(13-22)15-28/h4-14H,16-17H2,1-3H3,(H,29,31). The molecule has 0 saturated heterocycles. The summed E-state index contributed by atoms with van der Waals surface area (Å²) >= 11 is 0. The number of aryl methyl sites for hydroxylation is 3. The molecule has 4 nitrogen and oxygen atoms in total. The van der Waals surface area contributed by atoms with E-state index in [1.807, 2.05) is 41.0 Å². The zero-order valence-electron chi connectivity index (χ0n) is 18.1. The van der Waals surface area contributed by atoms with Gasteiger partial charge in [-0.15, -0.1) is 0 Å². The molecule has 1 N–H and O–H groups in total. The minimum absolute atomic E-state index is 0.105. The molecule has 0 aliphatic rings. The number of carbonyl (C=O) groups excluding carboxylic acids is 1. The quantitative estimate of drug-likeness (QED) is 0.480. The van der Waals surface area contributed by atoms with Crippen LogP contribution in [0.2, 0.25) is 0 Å². The van der Waals surface area contributed by atoms with Crippen LogP contribution in [-0.2, 0) is 13.1 Å². The van der Waals surface area contributed by atoms with Crippen molar-refractivity contribution >= 4 is 16.8 Å². The van der Waals surface area contributed by atoms with Crippen molar-refractivity contribution in [1.82, 2.24) is 9.88 Å². The molecule has 0 fully saturated rings. The van der Waals surface area contributed by atoms with Gasteiger partial charge >= 0.3 is 0 Å². The van der Waals surface area contributed by atoms with Gasteiger partial charge in [0.2, 0.25) is 0 Å². The molecule has 4 aromatic rings. The van der Waals surface area contributed by atoms with E-state index in [4.69, 9.17) is 0 Å². The topological polar surface area (TPSA) is 57.8 Å². The number of hydrogen-bond donors (Lipinski definition) is 1. The Hall–Kier alpha value is -3.84. The fourth-order valence-electron chi connectivity index (χ4n) is 4.16. The van der Waals surface area contributed by atoms with Gasteiger partial charge in [-0.2, -0.15) is 5.26 Å². The number of nitriles is 1. The highest BCUT2D eigenvalue weighted by Crippen LogP contribution is 2.25. The average Bonchev–Trinajstić information content (AvgIpc) is 3.11. The predicted molar refractivity (Wildman–Crippen MR) is 124 cm³/mol. The Morgan fingerprint density at radius 1 is 0.935 bits per heavy atom. The minimum atomic E-state index is -0.105. The Morgan fingerprint density at radius 3 is 2.42 bits per heavy atom. The number of nitrogens with zero attached hydrogens (tertiary/aromatic N) is 2. The molecule has 154 valence electrons. The molecule has 0 unspecified atom stereocenters. The van der Waals surface area contributed by atoms with Crippen LogP contribution < -0.4 is 5.32 Å². The molecule has 0 bridgehead atoms. The highest BCUT2D eigenvalue weighted by Gasteiger charge is 2.17. The molecule has 0 spiro atoms. The van der Waals surface area contributed by atoms with Crippen LogP contribution in [0.5, 0.6) is 0 Å². The second-order valence-corrected chi connectivity index (χ2v) is 8.11. The molecule has 1 heterocycles. The second-order valence-electron chi connectivity index (χ2n) is 8.11. The maximum Gasteiger partial charge on any atom is 0.268 e. The van der Waals surface area contributed by atoms with Gasteiger partial charge in [-0.3, -0.25) is 4.79 Å². The number of aromatic nitrogens is 1. The molecule has 0 aliphatic carbocycles. The smallest absolute Gasteiger partial charge is 0.268 e. The minimum Gasteiger partial charge on any atom is -0.347 e. The highest BCUT2D eigenvalue weighted by atomic mass is 16.1. The third-order valence-corrected chi connectivity index (χ3v) is 5.53. The molecule has 0 aliphatic heterocycles. The molecular weight excluding hydrogens is 382 g/mol. The SMILES string of the molecule is Cc1cc(C)cc(CNC(=O)c2cc3c(C)cccc3n2Cc2cccc(C#N)c2)c1. The van der Waals surface area contributed by atoms with Crippen LogP contribution in [0.15, 0.2) is 66.7 Å². The van der Waals surface area contributed by atoms with Crippen molar-refractivity contribution in [2.75, 3.05) is 0 Å². The van der Waals surface area contributed by atoms with Gasteiger partial charge in [0, 0.05) is 24.0 Å². The van der Waals surface area contributed by atoms with E-state index in [2.05, 4.69) is 56.4 Å². The summed E-state index contributed by atoms with van der Waals surface area (Å²) in [4.78, 5) is 13.2. The lowest BCUT2D eigenvalue weighted by Gasteiger charge is -2.12. The molecule has 0 saturated carbocycles. The number of hydrogen-bond acceptors (Lipinski definition) is 2. The number of amides is 1. The van der Waals surface area contributed by atoms with E-state index in [9.17, 15) is 10.1 Å². The number of rotatable bonds is 5. The molecule has 31 heavy (non-hydrogen) atoms. The fraction of sp³-hybridized carbons (Fsp3) is 0.185. The maximum absolute atomic E-state index is 13.2. The Morgan fingerprint density at radius 2 is 1.68 bits per heavy atom. The zero-order chi connectivity index (χ0) is 22.0. The van der Waals surface area contributed by atoms with E-state index < -0.39 is 0 Å². The van der Waals surface area contributed by atoms with Crippen molar-refractivity contribution in [3.05, 3.63) is 106 Å². The molecular formula is C27H25N3O. The first-order chi connectivity index (χ1) is 14.9. The first kappa shape index (κ1) is 20.4. The third-order valence-electron chi connectivity index (χ3n) is 5.53. The van der Waals surface area contributed by atoms with Crippen molar-refractivity contribution in [3.63, 3.8) is 0 Å². The van der Waals surface area contributed by atoms with Gasteiger partial charge < -0.3 is 9.88 Å². The Labute approximate surface area is 182 Å². The second kappa shape index (κ2) is 8.49. The Bertz CT molecular complexity index is 1300. The number of nitrogens with one attached hydrogen (secondary N) is 1. The Kier molecular flexibility index (Phi) is 5.60. The molecule has 0 radical (unpaired) electrons. The summed E-state index contributed by atoms with van der Waals surface area (Å²) < 4.78 is 2.04. The van der Waals surface area contributed by atoms with Crippen LogP contribution in [0.3, 0.4) is 0 Å². The van der Waals surface area contributed by atoms with Crippen molar-refractivity contribution in [2.24, 2.45) is 0 Å². The van der Waals surface area contributed by atoms with Crippen LogP contribution in [-0.4, -0.2) is 10.5 Å². The van der Waals surface area contributed by atoms with E-state index in [1.165, 1.54) is 11.1 Å². The monoisotopic (exact) mass is 407 g/mol. The molecule has 3 aromatic carbocycles. The van der Waals surface area contributed by atoms with Gasteiger partial charge in [0.1, 0.15) is 5.69 Å². The van der Waals surface area contributed by atoms with E-state index in [-0.39, 0.29) is 5.91 Å². The van der Waals surface area contributed by atoms with Gasteiger partial charge in [0.05, 0.1) is 11.6 Å². The number of fused-ring (bicyclic) bond motifs is 1. The van der Waals surface area contributed by atoms with Crippen LogP contribution >= 0.6 is 0 Å². The largest absolute Gasteiger partial charge is 0.347 e. The van der Waals surface area contributed by atoms with Gasteiger partial charge in [-0.1, -0.05) is 53.6 Å². The third kappa shape index (κ3) is 4.36. The van der Waals surface area contributed by atoms with Crippen LogP contribution in [0.4, 0.5) is 0 Å². The summed E-state index contributed by atoms with van der Waals surface area (Å²) in [6, 6.07) is 24.1. The fourth-order valence-corrected chi connectivity index (χ4v) is 4.16. The Balaban J connectivity index is 1.69. The number of benzene rings is 3. The van der Waals surface area contributed by atoms with Crippen LogP contribution in [0.25, 0.3) is 10.9 Å². The van der Waals surface area contributed by atoms with Crippen molar-refractivity contribution in [3.8, 4) is 6.07 Å². The summed E-state index contributed by atoms with van der Waals surface area (Å²) in [5.41, 5.74) is 7.83. The summed E-state index contributed by atoms with van der Waals surface area (Å²) in [5, 5.41) is 13.4. The van der Waals surface area contributed by atoms with E-state index in [1.54, 1.807) is 6.07 Å². The van der Waals surface area contributed by atoms with Gasteiger partial charge in [0.15, 0.2) is 0 Å². The first-order valence-corrected chi connectivity index (χ1v) is 10.4. The average molecular weight is 408 g/mol. The first-order valence-electron chi connectivity index (χ1n) is 10.4. The zero-order valence-corrected chi connectivity index (χ0v) is 18.1. The summed E-state index contributed by atoms with van der Waals surface area (Å²) in [6.45, 7) is 7.18. The molecule has 0 atom stereocenters. The maximum atomic E-state index is 13.2. The summed E-state index contributed by atoms with van der Waals surface area (Å²) in [7, 11) is 0. The molecule has 4 rings (SSSR count). The summed E-state index contributed by atoms with van der Waals surface area (Å²) in [6.07, 6.45) is 0. The summed E-state index contributed by atoms with van der Waals surface area (Å²) in [5.74, 6) is -0.105. The van der Waals surface area contributed by atoms with Gasteiger partial charge in [-0.25, -0.2) is 0 Å². The van der Waals surface area contributed by atoms with Gasteiger partial charge in [0.25, 0.3) is 5.91 Å².